The van der Waals surface area contributed by atoms with E-state index in [0.717, 1.165) is 16.8 Å². The molecule has 0 radical (unpaired) electrons. The summed E-state index contributed by atoms with van der Waals surface area (Å²) in [7, 11) is 0. The lowest BCUT2D eigenvalue weighted by atomic mass is 9.98. The number of halogens is 2. The summed E-state index contributed by atoms with van der Waals surface area (Å²) in [6.07, 6.45) is 0. The summed E-state index contributed by atoms with van der Waals surface area (Å²) in [4.78, 5) is 8.03. The SMILES string of the molecule is [C-]#[N+]c1ccc([C@H](CO)N2CCN(c3ccc(OC(C)(C)CO)cc3Cl)[C@H](c3ccc(Cl)cc3)C2)cc1. The molecule has 2 atom stereocenters. The first-order valence-corrected chi connectivity index (χ1v) is 12.9. The molecule has 0 bridgehead atoms. The second-order valence-electron chi connectivity index (χ2n) is 9.79. The second kappa shape index (κ2) is 11.7. The molecule has 194 valence electrons. The number of anilines is 1. The van der Waals surface area contributed by atoms with Crippen molar-refractivity contribution in [3.05, 3.63) is 99.3 Å². The van der Waals surface area contributed by atoms with Gasteiger partial charge in [-0.2, -0.15) is 0 Å². The molecule has 3 aromatic rings. The van der Waals surface area contributed by atoms with Crippen molar-refractivity contribution in [2.75, 3.05) is 37.7 Å². The van der Waals surface area contributed by atoms with Crippen LogP contribution in [0.5, 0.6) is 5.75 Å². The van der Waals surface area contributed by atoms with Crippen molar-refractivity contribution in [2.24, 2.45) is 0 Å². The lowest BCUT2D eigenvalue weighted by Crippen LogP contribution is -2.50. The Bertz CT molecular complexity index is 1240. The van der Waals surface area contributed by atoms with Crippen LogP contribution in [0.4, 0.5) is 11.4 Å². The number of rotatable bonds is 8. The third-order valence-corrected chi connectivity index (χ3v) is 7.25. The molecule has 3 aromatic carbocycles. The maximum absolute atomic E-state index is 10.3. The van der Waals surface area contributed by atoms with Crippen LogP contribution in [0, 0.1) is 6.57 Å². The van der Waals surface area contributed by atoms with E-state index >= 15 is 0 Å². The molecule has 1 heterocycles. The summed E-state index contributed by atoms with van der Waals surface area (Å²) >= 11 is 13.0. The molecule has 4 rings (SSSR count). The van der Waals surface area contributed by atoms with E-state index in [2.05, 4.69) is 14.6 Å². The van der Waals surface area contributed by atoms with E-state index in [9.17, 15) is 10.2 Å². The average Bonchev–Trinajstić information content (AvgIpc) is 2.90. The van der Waals surface area contributed by atoms with Gasteiger partial charge in [-0.3, -0.25) is 4.90 Å². The van der Waals surface area contributed by atoms with Crippen LogP contribution in [0.15, 0.2) is 66.7 Å². The number of hydrogen-bond acceptors (Lipinski definition) is 5. The van der Waals surface area contributed by atoms with E-state index in [1.165, 1.54) is 0 Å². The highest BCUT2D eigenvalue weighted by Crippen LogP contribution is 2.39. The summed E-state index contributed by atoms with van der Waals surface area (Å²) in [6, 6.07) is 20.6. The standard InChI is InChI=1S/C29H31Cl2N3O3/c1-29(2,19-36)37-24-12-13-26(25(31)16-24)34-15-14-33(17-27(34)20-4-8-22(30)9-5-20)28(18-35)21-6-10-23(32-3)11-7-21/h4-13,16,27-28,35-36H,14-15,17-19H2,1-2H3/t27-,28-/m0/s1. The van der Waals surface area contributed by atoms with Gasteiger partial charge in [0.1, 0.15) is 11.4 Å². The fourth-order valence-electron chi connectivity index (χ4n) is 4.68. The molecular weight excluding hydrogens is 509 g/mol. The third-order valence-electron chi connectivity index (χ3n) is 6.69. The van der Waals surface area contributed by atoms with Crippen LogP contribution >= 0.6 is 23.2 Å². The smallest absolute Gasteiger partial charge is 0.187 e. The molecule has 1 fully saturated rings. The fourth-order valence-corrected chi connectivity index (χ4v) is 5.09. The van der Waals surface area contributed by atoms with Crippen LogP contribution in [0.25, 0.3) is 4.85 Å². The monoisotopic (exact) mass is 539 g/mol. The van der Waals surface area contributed by atoms with Crippen LogP contribution in [0.2, 0.25) is 10.0 Å². The van der Waals surface area contributed by atoms with Crippen LogP contribution in [-0.4, -0.2) is 53.6 Å². The molecule has 0 saturated carbocycles. The van der Waals surface area contributed by atoms with Gasteiger partial charge in [-0.1, -0.05) is 59.6 Å². The Morgan fingerprint density at radius 1 is 1.03 bits per heavy atom. The maximum atomic E-state index is 10.3. The van der Waals surface area contributed by atoms with Crippen molar-refractivity contribution in [3.63, 3.8) is 0 Å². The molecule has 1 aliphatic rings. The van der Waals surface area contributed by atoms with Gasteiger partial charge in [0.05, 0.1) is 42.6 Å². The lowest BCUT2D eigenvalue weighted by Gasteiger charge is -2.46. The van der Waals surface area contributed by atoms with Crippen LogP contribution in [0.3, 0.4) is 0 Å². The summed E-state index contributed by atoms with van der Waals surface area (Å²) < 4.78 is 5.91. The average molecular weight is 540 g/mol. The largest absolute Gasteiger partial charge is 0.485 e. The van der Waals surface area contributed by atoms with E-state index in [1.54, 1.807) is 18.2 Å². The molecule has 1 aliphatic heterocycles. The Hall–Kier alpha value is -2.79. The van der Waals surface area contributed by atoms with Gasteiger partial charge >= 0.3 is 0 Å². The third kappa shape index (κ3) is 6.38. The van der Waals surface area contributed by atoms with E-state index in [-0.39, 0.29) is 25.3 Å². The molecule has 0 spiro atoms. The summed E-state index contributed by atoms with van der Waals surface area (Å²) in [5, 5.41) is 21.1. The first kappa shape index (κ1) is 27.3. The predicted molar refractivity (Wildman–Crippen MR) is 149 cm³/mol. The van der Waals surface area contributed by atoms with Gasteiger partial charge in [0, 0.05) is 30.7 Å². The molecular formula is C29H31Cl2N3O3. The molecule has 8 heteroatoms. The number of aliphatic hydroxyl groups excluding tert-OH is 2. The van der Waals surface area contributed by atoms with Gasteiger partial charge < -0.3 is 19.8 Å². The van der Waals surface area contributed by atoms with Gasteiger partial charge in [0.25, 0.3) is 0 Å². The van der Waals surface area contributed by atoms with Crippen LogP contribution < -0.4 is 9.64 Å². The first-order valence-electron chi connectivity index (χ1n) is 12.2. The normalized spacial score (nSPS) is 17.3. The Morgan fingerprint density at radius 3 is 2.32 bits per heavy atom. The molecule has 6 nitrogen and oxygen atoms in total. The summed E-state index contributed by atoms with van der Waals surface area (Å²) in [6.45, 7) is 12.8. The Balaban J connectivity index is 1.64. The number of ether oxygens (including phenoxy) is 1. The number of aliphatic hydroxyl groups is 2. The van der Waals surface area contributed by atoms with E-state index < -0.39 is 5.60 Å². The minimum atomic E-state index is -0.714. The molecule has 2 N–H and O–H groups in total. The summed E-state index contributed by atoms with van der Waals surface area (Å²) in [5.74, 6) is 0.595. The van der Waals surface area contributed by atoms with Crippen molar-refractivity contribution >= 4 is 34.6 Å². The topological polar surface area (TPSA) is 60.5 Å². The zero-order valence-corrected chi connectivity index (χ0v) is 22.5. The number of nitrogens with zero attached hydrogens (tertiary/aromatic N) is 3. The molecule has 1 saturated heterocycles. The van der Waals surface area contributed by atoms with Crippen LogP contribution in [0.1, 0.15) is 37.1 Å². The number of benzene rings is 3. The maximum Gasteiger partial charge on any atom is 0.187 e. The van der Waals surface area contributed by atoms with Gasteiger partial charge in [-0.05, 0) is 49.2 Å². The van der Waals surface area contributed by atoms with Crippen LogP contribution in [-0.2, 0) is 0 Å². The predicted octanol–water partition coefficient (Wildman–Crippen LogP) is 6.29. The molecule has 0 unspecified atom stereocenters. The zero-order chi connectivity index (χ0) is 26.6. The van der Waals surface area contributed by atoms with E-state index in [1.807, 2.05) is 62.4 Å². The molecule has 37 heavy (non-hydrogen) atoms. The van der Waals surface area contributed by atoms with Gasteiger partial charge in [-0.15, -0.1) is 0 Å². The minimum Gasteiger partial charge on any atom is -0.485 e. The Kier molecular flexibility index (Phi) is 8.63. The first-order chi connectivity index (χ1) is 17.7. The molecule has 0 aliphatic carbocycles. The van der Waals surface area contributed by atoms with Crippen molar-refractivity contribution in [1.29, 1.82) is 0 Å². The highest BCUT2D eigenvalue weighted by molar-refractivity contribution is 6.33. The van der Waals surface area contributed by atoms with Crippen molar-refractivity contribution in [1.82, 2.24) is 4.90 Å². The summed E-state index contributed by atoms with van der Waals surface area (Å²) in [5.41, 5.74) is 2.82. The molecule has 0 aromatic heterocycles. The second-order valence-corrected chi connectivity index (χ2v) is 10.6. The molecule has 0 amide bonds. The van der Waals surface area contributed by atoms with Crippen molar-refractivity contribution in [3.8, 4) is 5.75 Å². The van der Waals surface area contributed by atoms with Crippen molar-refractivity contribution in [2.45, 2.75) is 31.5 Å². The van der Waals surface area contributed by atoms with Gasteiger partial charge in [-0.25, -0.2) is 4.85 Å². The lowest BCUT2D eigenvalue weighted by molar-refractivity contribution is 0.0412. The number of hydrogen-bond donors (Lipinski definition) is 2. The van der Waals surface area contributed by atoms with Crippen molar-refractivity contribution < 1.29 is 14.9 Å². The zero-order valence-electron chi connectivity index (χ0n) is 20.9. The fraction of sp³-hybridized carbons (Fsp3) is 0.345. The Labute approximate surface area is 228 Å². The van der Waals surface area contributed by atoms with E-state index in [0.29, 0.717) is 41.1 Å². The van der Waals surface area contributed by atoms with Gasteiger partial charge in [0.15, 0.2) is 5.69 Å². The quantitative estimate of drug-likeness (QED) is 0.329. The van der Waals surface area contributed by atoms with Gasteiger partial charge in [0.2, 0.25) is 0 Å². The Morgan fingerprint density at radius 2 is 1.73 bits per heavy atom. The minimum absolute atomic E-state index is 0.0296. The highest BCUT2D eigenvalue weighted by atomic mass is 35.5. The highest BCUT2D eigenvalue weighted by Gasteiger charge is 2.33. The van der Waals surface area contributed by atoms with E-state index in [4.69, 9.17) is 34.5 Å². The number of piperazine rings is 1.